The number of nitrogens with one attached hydrogen (secondary N) is 1. The molecule has 2 saturated heterocycles. The molecule has 0 aromatic heterocycles. The van der Waals surface area contributed by atoms with E-state index < -0.39 is 0 Å². The fraction of sp³-hybridized carbons (Fsp3) is 0.450. The lowest BCUT2D eigenvalue weighted by atomic mass is 9.85. The van der Waals surface area contributed by atoms with Crippen molar-refractivity contribution in [2.24, 2.45) is 11.8 Å². The van der Waals surface area contributed by atoms with E-state index in [0.29, 0.717) is 30.6 Å². The van der Waals surface area contributed by atoms with E-state index in [1.54, 1.807) is 24.3 Å². The molecule has 2 fully saturated rings. The summed E-state index contributed by atoms with van der Waals surface area (Å²) in [5.41, 5.74) is 0.910. The van der Waals surface area contributed by atoms with Gasteiger partial charge in [0.25, 0.3) is 5.91 Å². The van der Waals surface area contributed by atoms with Crippen molar-refractivity contribution in [1.82, 2.24) is 5.32 Å². The number of benzene rings is 1. The number of hydrogen-bond donors (Lipinski definition) is 1. The second-order valence-electron chi connectivity index (χ2n) is 7.06. The molecule has 0 spiro atoms. The zero-order valence-electron chi connectivity index (χ0n) is 14.5. The maximum absolute atomic E-state index is 12.7. The number of fused-ring (bicyclic) bond motifs is 1. The smallest absolute Gasteiger partial charge is 0.251 e. The Morgan fingerprint density at radius 2 is 1.88 bits per heavy atom. The summed E-state index contributed by atoms with van der Waals surface area (Å²) in [5.74, 6) is -1.10. The molecule has 3 atom stereocenters. The third-order valence-corrected chi connectivity index (χ3v) is 5.39. The Labute approximate surface area is 152 Å². The third-order valence-electron chi connectivity index (χ3n) is 5.39. The average molecular weight is 354 g/mol. The van der Waals surface area contributed by atoms with Gasteiger partial charge in [-0.3, -0.25) is 19.3 Å². The fourth-order valence-corrected chi connectivity index (χ4v) is 3.95. The van der Waals surface area contributed by atoms with Crippen molar-refractivity contribution in [1.29, 1.82) is 0 Å². The largest absolute Gasteiger partial charge is 0.376 e. The number of carbonyl (C=O) groups is 3. The Morgan fingerprint density at radius 3 is 2.54 bits per heavy atom. The first-order chi connectivity index (χ1) is 12.6. The summed E-state index contributed by atoms with van der Waals surface area (Å²) < 4.78 is 5.51. The van der Waals surface area contributed by atoms with Crippen molar-refractivity contribution in [3.8, 4) is 0 Å². The van der Waals surface area contributed by atoms with E-state index in [4.69, 9.17) is 4.74 Å². The van der Waals surface area contributed by atoms with Crippen LogP contribution < -0.4 is 10.2 Å². The van der Waals surface area contributed by atoms with Crippen molar-refractivity contribution in [2.45, 2.75) is 31.8 Å². The molecular weight excluding hydrogens is 332 g/mol. The zero-order valence-corrected chi connectivity index (χ0v) is 14.5. The Bertz CT molecular complexity index is 741. The molecule has 0 radical (unpaired) electrons. The molecule has 1 aromatic rings. The molecule has 2 heterocycles. The number of allylic oxidation sites excluding steroid dienone is 2. The third kappa shape index (κ3) is 3.05. The lowest BCUT2D eigenvalue weighted by molar-refractivity contribution is -0.122. The standard InChI is InChI=1S/C20H22N2O4/c23-18(21-12-15-7-4-10-26-15)13-5-3-6-14(11-13)22-19(24)16-8-1-2-9-17(16)20(22)25/h1-3,5-6,11,15-17H,4,7-10,12H2,(H,21,23)/t15-,16+,17+/m0/s1. The highest BCUT2D eigenvalue weighted by molar-refractivity contribution is 6.22. The molecule has 1 aliphatic carbocycles. The molecule has 1 aromatic carbocycles. The minimum atomic E-state index is -0.274. The minimum absolute atomic E-state index is 0.0690. The van der Waals surface area contributed by atoms with Gasteiger partial charge in [0.1, 0.15) is 0 Å². The number of carbonyl (C=O) groups excluding carboxylic acids is 3. The van der Waals surface area contributed by atoms with Crippen LogP contribution in [0.1, 0.15) is 36.0 Å². The maximum atomic E-state index is 12.7. The first kappa shape index (κ1) is 17.0. The Morgan fingerprint density at radius 1 is 1.15 bits per heavy atom. The van der Waals surface area contributed by atoms with E-state index in [2.05, 4.69) is 5.32 Å². The highest BCUT2D eigenvalue weighted by Crippen LogP contribution is 2.37. The summed E-state index contributed by atoms with van der Waals surface area (Å²) in [6.07, 6.45) is 7.18. The van der Waals surface area contributed by atoms with Gasteiger partial charge in [-0.1, -0.05) is 18.2 Å². The van der Waals surface area contributed by atoms with Gasteiger partial charge in [0, 0.05) is 18.7 Å². The van der Waals surface area contributed by atoms with Gasteiger partial charge in [0.05, 0.1) is 23.6 Å². The summed E-state index contributed by atoms with van der Waals surface area (Å²) >= 11 is 0. The number of imide groups is 1. The van der Waals surface area contributed by atoms with Crippen LogP contribution in [0, 0.1) is 11.8 Å². The maximum Gasteiger partial charge on any atom is 0.251 e. The van der Waals surface area contributed by atoms with Crippen LogP contribution >= 0.6 is 0 Å². The van der Waals surface area contributed by atoms with Crippen LogP contribution in [0.4, 0.5) is 5.69 Å². The van der Waals surface area contributed by atoms with Gasteiger partial charge in [0.2, 0.25) is 11.8 Å². The first-order valence-corrected chi connectivity index (χ1v) is 9.18. The van der Waals surface area contributed by atoms with E-state index in [1.807, 2.05) is 12.2 Å². The average Bonchev–Trinajstić information content (AvgIpc) is 3.27. The number of nitrogens with zero attached hydrogens (tertiary/aromatic N) is 1. The van der Waals surface area contributed by atoms with Crippen LogP contribution in [0.25, 0.3) is 0 Å². The summed E-state index contributed by atoms with van der Waals surface area (Å²) in [5, 5.41) is 2.87. The van der Waals surface area contributed by atoms with Crippen molar-refractivity contribution in [3.05, 3.63) is 42.0 Å². The predicted molar refractivity (Wildman–Crippen MR) is 95.6 cm³/mol. The van der Waals surface area contributed by atoms with Crippen molar-refractivity contribution in [3.63, 3.8) is 0 Å². The van der Waals surface area contributed by atoms with Crippen LogP contribution in [0.3, 0.4) is 0 Å². The molecule has 136 valence electrons. The molecule has 2 aliphatic heterocycles. The Kier molecular flexibility index (Phi) is 4.59. The van der Waals surface area contributed by atoms with Gasteiger partial charge in [0.15, 0.2) is 0 Å². The van der Waals surface area contributed by atoms with E-state index in [0.717, 1.165) is 19.4 Å². The molecule has 3 aliphatic rings. The normalized spacial score (nSPS) is 27.7. The van der Waals surface area contributed by atoms with Crippen molar-refractivity contribution >= 4 is 23.4 Å². The van der Waals surface area contributed by atoms with Gasteiger partial charge in [-0.05, 0) is 43.9 Å². The molecule has 4 rings (SSSR count). The van der Waals surface area contributed by atoms with E-state index >= 15 is 0 Å². The summed E-state index contributed by atoms with van der Waals surface area (Å²) in [6.45, 7) is 1.22. The molecule has 3 amide bonds. The second kappa shape index (κ2) is 7.03. The van der Waals surface area contributed by atoms with Gasteiger partial charge < -0.3 is 10.1 Å². The summed E-state index contributed by atoms with van der Waals surface area (Å²) in [6, 6.07) is 6.72. The highest BCUT2D eigenvalue weighted by Gasteiger charge is 2.47. The lowest BCUT2D eigenvalue weighted by Gasteiger charge is -2.16. The minimum Gasteiger partial charge on any atom is -0.376 e. The second-order valence-corrected chi connectivity index (χ2v) is 7.06. The number of hydrogen-bond acceptors (Lipinski definition) is 4. The fourth-order valence-electron chi connectivity index (χ4n) is 3.95. The van der Waals surface area contributed by atoms with Crippen LogP contribution in [0.15, 0.2) is 36.4 Å². The highest BCUT2D eigenvalue weighted by atomic mass is 16.5. The molecule has 1 N–H and O–H groups in total. The summed E-state index contributed by atoms with van der Waals surface area (Å²) in [7, 11) is 0. The number of rotatable bonds is 4. The van der Waals surface area contributed by atoms with Crippen LogP contribution in [0.2, 0.25) is 0 Å². The molecule has 26 heavy (non-hydrogen) atoms. The van der Waals surface area contributed by atoms with E-state index in [-0.39, 0.29) is 35.7 Å². The Balaban J connectivity index is 1.49. The van der Waals surface area contributed by atoms with Crippen molar-refractivity contribution in [2.75, 3.05) is 18.1 Å². The molecule has 0 saturated carbocycles. The van der Waals surface area contributed by atoms with E-state index in [1.165, 1.54) is 4.90 Å². The lowest BCUT2D eigenvalue weighted by Crippen LogP contribution is -2.33. The van der Waals surface area contributed by atoms with Crippen LogP contribution in [-0.4, -0.2) is 37.0 Å². The summed E-state index contributed by atoms with van der Waals surface area (Å²) in [4.78, 5) is 39.0. The van der Waals surface area contributed by atoms with Crippen LogP contribution in [0.5, 0.6) is 0 Å². The number of amides is 3. The SMILES string of the molecule is O=C(NC[C@@H]1CCCO1)c1cccc(N2C(=O)[C@@H]3CC=CC[C@H]3C2=O)c1. The number of ether oxygens (including phenoxy) is 1. The topological polar surface area (TPSA) is 75.7 Å². The van der Waals surface area contributed by atoms with Gasteiger partial charge in [-0.15, -0.1) is 0 Å². The zero-order chi connectivity index (χ0) is 18.1. The van der Waals surface area contributed by atoms with E-state index in [9.17, 15) is 14.4 Å². The van der Waals surface area contributed by atoms with Crippen molar-refractivity contribution < 1.29 is 19.1 Å². The molecule has 0 bridgehead atoms. The number of anilines is 1. The monoisotopic (exact) mass is 354 g/mol. The van der Waals surface area contributed by atoms with Crippen LogP contribution in [-0.2, 0) is 14.3 Å². The Hall–Kier alpha value is -2.47. The van der Waals surface area contributed by atoms with Gasteiger partial charge in [-0.2, -0.15) is 0 Å². The first-order valence-electron chi connectivity index (χ1n) is 9.18. The van der Waals surface area contributed by atoms with Gasteiger partial charge in [-0.25, -0.2) is 0 Å². The molecular formula is C20H22N2O4. The van der Waals surface area contributed by atoms with Gasteiger partial charge >= 0.3 is 0 Å². The quantitative estimate of drug-likeness (QED) is 0.663. The molecule has 0 unspecified atom stereocenters. The molecule has 6 heteroatoms. The molecule has 6 nitrogen and oxygen atoms in total. The predicted octanol–water partition coefficient (Wildman–Crippen LogP) is 2.05.